The van der Waals surface area contributed by atoms with Crippen molar-refractivity contribution >= 4 is 5.78 Å². The lowest BCUT2D eigenvalue weighted by atomic mass is 9.67. The Morgan fingerprint density at radius 2 is 1.25 bits per heavy atom. The summed E-state index contributed by atoms with van der Waals surface area (Å²) in [6.45, 7) is 5.04. The molecule has 2 bridgehead atoms. The number of ether oxygens (including phenoxy) is 4. The van der Waals surface area contributed by atoms with Gasteiger partial charge in [0, 0.05) is 23.9 Å². The van der Waals surface area contributed by atoms with E-state index in [4.69, 9.17) is 18.9 Å². The molecule has 0 amide bonds. The highest BCUT2D eigenvalue weighted by Crippen LogP contribution is 2.47. The molecule has 0 unspecified atom stereocenters. The fourth-order valence-corrected chi connectivity index (χ4v) is 5.17. The van der Waals surface area contributed by atoms with E-state index in [0.29, 0.717) is 30.5 Å². The maximum Gasteiger partial charge on any atom is 0.161 e. The third-order valence-corrected chi connectivity index (χ3v) is 6.62. The van der Waals surface area contributed by atoms with Gasteiger partial charge in [0.2, 0.25) is 0 Å². The summed E-state index contributed by atoms with van der Waals surface area (Å²) in [4.78, 5) is 13.5. The molecule has 2 aromatic carbocycles. The molecule has 172 valence electrons. The third-order valence-electron chi connectivity index (χ3n) is 6.62. The zero-order valence-corrected chi connectivity index (χ0v) is 19.4. The first-order valence-corrected chi connectivity index (χ1v) is 11.5. The number of ketones is 1. The van der Waals surface area contributed by atoms with Gasteiger partial charge in [0.05, 0.1) is 27.4 Å². The number of rotatable bonds is 8. The van der Waals surface area contributed by atoms with Crippen molar-refractivity contribution in [3.63, 3.8) is 0 Å². The van der Waals surface area contributed by atoms with Crippen molar-refractivity contribution < 1.29 is 23.7 Å². The Labute approximate surface area is 190 Å². The van der Waals surface area contributed by atoms with Gasteiger partial charge in [-0.25, -0.2) is 0 Å². The maximum absolute atomic E-state index is 13.5. The second-order valence-corrected chi connectivity index (χ2v) is 8.35. The number of carbonyl (C=O) groups excluding carboxylic acids is 1. The molecule has 4 rings (SSSR count). The van der Waals surface area contributed by atoms with Crippen LogP contribution in [0.5, 0.6) is 23.0 Å². The Morgan fingerprint density at radius 3 is 1.66 bits per heavy atom. The molecule has 4 atom stereocenters. The number of nitrogens with one attached hydrogen (secondary N) is 1. The minimum Gasteiger partial charge on any atom is -0.493 e. The van der Waals surface area contributed by atoms with Gasteiger partial charge in [-0.2, -0.15) is 0 Å². The van der Waals surface area contributed by atoms with Crippen molar-refractivity contribution in [3.8, 4) is 23.0 Å². The van der Waals surface area contributed by atoms with Crippen molar-refractivity contribution in [1.82, 2.24) is 5.32 Å². The number of benzene rings is 2. The number of Topliss-reactive ketones (excluding diaryl/α,β-unsaturated/α-hetero) is 1. The van der Waals surface area contributed by atoms with Gasteiger partial charge in [-0.05, 0) is 62.1 Å². The standard InChI is InChI=1S/C26H33NO5/c1-5-31-20-12-10-16(14-22(20)29-3)24-18-8-7-9-19(26(18)28)25(27-24)17-11-13-21(32-6-2)23(15-17)30-4/h10-15,18-19,24-25,27H,5-9H2,1-4H3/t18-,19+,24+,25-. The van der Waals surface area contributed by atoms with Crippen LogP contribution in [0, 0.1) is 11.8 Å². The first-order chi connectivity index (χ1) is 15.6. The van der Waals surface area contributed by atoms with Crippen molar-refractivity contribution in [1.29, 1.82) is 0 Å². The van der Waals surface area contributed by atoms with Gasteiger partial charge >= 0.3 is 0 Å². The average Bonchev–Trinajstić information content (AvgIpc) is 2.80. The molecule has 6 nitrogen and oxygen atoms in total. The van der Waals surface area contributed by atoms with Crippen LogP contribution in [0.25, 0.3) is 0 Å². The van der Waals surface area contributed by atoms with E-state index in [-0.39, 0.29) is 23.9 Å². The molecular weight excluding hydrogens is 406 g/mol. The van der Waals surface area contributed by atoms with Crippen LogP contribution in [-0.2, 0) is 4.79 Å². The first kappa shape index (κ1) is 22.5. The highest BCUT2D eigenvalue weighted by Gasteiger charge is 2.46. The van der Waals surface area contributed by atoms with Crippen LogP contribution in [-0.4, -0.2) is 33.2 Å². The minimum absolute atomic E-state index is 0.0303. The summed E-state index contributed by atoms with van der Waals surface area (Å²) in [6, 6.07) is 11.8. The molecule has 0 aromatic heterocycles. The Balaban J connectivity index is 1.69. The zero-order valence-electron chi connectivity index (χ0n) is 19.4. The predicted molar refractivity (Wildman–Crippen MR) is 123 cm³/mol. The number of hydrogen-bond acceptors (Lipinski definition) is 6. The Morgan fingerprint density at radius 1 is 0.781 bits per heavy atom. The van der Waals surface area contributed by atoms with Gasteiger partial charge in [-0.3, -0.25) is 4.79 Å². The van der Waals surface area contributed by atoms with Crippen molar-refractivity contribution in [2.75, 3.05) is 27.4 Å². The second-order valence-electron chi connectivity index (χ2n) is 8.35. The van der Waals surface area contributed by atoms with Gasteiger partial charge in [-0.1, -0.05) is 18.6 Å². The molecule has 1 aliphatic carbocycles. The molecule has 2 aromatic rings. The molecule has 1 saturated carbocycles. The molecule has 1 aliphatic heterocycles. The molecule has 1 N–H and O–H groups in total. The largest absolute Gasteiger partial charge is 0.493 e. The Bertz CT molecular complexity index is 886. The summed E-state index contributed by atoms with van der Waals surface area (Å²) >= 11 is 0. The maximum atomic E-state index is 13.5. The van der Waals surface area contributed by atoms with Crippen LogP contribution in [0.2, 0.25) is 0 Å². The lowest BCUT2D eigenvalue weighted by Gasteiger charge is -2.45. The third kappa shape index (κ3) is 4.16. The van der Waals surface area contributed by atoms with E-state index in [2.05, 4.69) is 5.32 Å². The van der Waals surface area contributed by atoms with E-state index < -0.39 is 0 Å². The molecule has 0 spiro atoms. The highest BCUT2D eigenvalue weighted by atomic mass is 16.5. The predicted octanol–water partition coefficient (Wildman–Crippen LogP) is 4.87. The second kappa shape index (κ2) is 9.82. The fraction of sp³-hybridized carbons (Fsp3) is 0.500. The minimum atomic E-state index is -0.0776. The van der Waals surface area contributed by atoms with Crippen LogP contribution in [0.15, 0.2) is 36.4 Å². The monoisotopic (exact) mass is 439 g/mol. The first-order valence-electron chi connectivity index (χ1n) is 11.5. The summed E-state index contributed by atoms with van der Waals surface area (Å²) in [5, 5.41) is 3.81. The number of methoxy groups -OCH3 is 2. The summed E-state index contributed by atoms with van der Waals surface area (Å²) in [5.41, 5.74) is 2.10. The van der Waals surface area contributed by atoms with E-state index in [9.17, 15) is 4.79 Å². The summed E-state index contributed by atoms with van der Waals surface area (Å²) < 4.78 is 22.5. The number of carbonyl (C=O) groups is 1. The average molecular weight is 440 g/mol. The Hall–Kier alpha value is -2.73. The van der Waals surface area contributed by atoms with Crippen LogP contribution in [0.1, 0.15) is 56.3 Å². The van der Waals surface area contributed by atoms with Gasteiger partial charge in [0.15, 0.2) is 23.0 Å². The van der Waals surface area contributed by atoms with Gasteiger partial charge in [0.1, 0.15) is 5.78 Å². The zero-order chi connectivity index (χ0) is 22.7. The van der Waals surface area contributed by atoms with Crippen LogP contribution >= 0.6 is 0 Å². The van der Waals surface area contributed by atoms with Gasteiger partial charge in [-0.15, -0.1) is 0 Å². The topological polar surface area (TPSA) is 66.0 Å². The number of fused-ring (bicyclic) bond motifs is 2. The molecule has 2 aliphatic rings. The smallest absolute Gasteiger partial charge is 0.161 e. The molecule has 0 radical (unpaired) electrons. The van der Waals surface area contributed by atoms with Crippen LogP contribution in [0.4, 0.5) is 0 Å². The molecular formula is C26H33NO5. The summed E-state index contributed by atoms with van der Waals surface area (Å²) in [5.74, 6) is 3.11. The lowest BCUT2D eigenvalue weighted by Crippen LogP contribution is -2.50. The van der Waals surface area contributed by atoms with E-state index in [1.165, 1.54) is 0 Å². The SMILES string of the molecule is CCOc1ccc([C@H]2N[C@@H](c3ccc(OCC)c(OC)c3)[C@H]3CCC[C@@H]2C3=O)cc1OC. The number of hydrogen-bond donors (Lipinski definition) is 1. The quantitative estimate of drug-likeness (QED) is 0.633. The molecule has 1 heterocycles. The van der Waals surface area contributed by atoms with Gasteiger partial charge in [0.25, 0.3) is 0 Å². The van der Waals surface area contributed by atoms with Crippen molar-refractivity contribution in [2.45, 2.75) is 45.2 Å². The summed E-state index contributed by atoms with van der Waals surface area (Å²) in [7, 11) is 3.29. The van der Waals surface area contributed by atoms with E-state index in [0.717, 1.165) is 41.9 Å². The summed E-state index contributed by atoms with van der Waals surface area (Å²) in [6.07, 6.45) is 2.86. The number of piperidine rings is 1. The molecule has 2 fully saturated rings. The van der Waals surface area contributed by atoms with E-state index >= 15 is 0 Å². The van der Waals surface area contributed by atoms with E-state index in [1.54, 1.807) is 14.2 Å². The molecule has 1 saturated heterocycles. The van der Waals surface area contributed by atoms with Crippen molar-refractivity contribution in [3.05, 3.63) is 47.5 Å². The fourth-order valence-electron chi connectivity index (χ4n) is 5.17. The molecule has 32 heavy (non-hydrogen) atoms. The van der Waals surface area contributed by atoms with Crippen LogP contribution in [0.3, 0.4) is 0 Å². The lowest BCUT2D eigenvalue weighted by molar-refractivity contribution is -0.135. The van der Waals surface area contributed by atoms with Crippen LogP contribution < -0.4 is 24.3 Å². The molecule has 6 heteroatoms. The van der Waals surface area contributed by atoms with E-state index in [1.807, 2.05) is 50.2 Å². The van der Waals surface area contributed by atoms with Crippen molar-refractivity contribution in [2.24, 2.45) is 11.8 Å². The Kier molecular flexibility index (Phi) is 6.89. The normalized spacial score (nSPS) is 24.7. The highest BCUT2D eigenvalue weighted by molar-refractivity contribution is 5.87. The van der Waals surface area contributed by atoms with Gasteiger partial charge < -0.3 is 24.3 Å².